The van der Waals surface area contributed by atoms with Gasteiger partial charge < -0.3 is 9.15 Å². The molecule has 62 valence electrons. The number of rotatable bonds is 1. The highest BCUT2D eigenvalue weighted by Crippen LogP contribution is 2.24. The van der Waals surface area contributed by atoms with E-state index in [4.69, 9.17) is 9.15 Å². The molecule has 3 nitrogen and oxygen atoms in total. The number of aromatic nitrogens is 1. The lowest BCUT2D eigenvalue weighted by molar-refractivity contribution is 0.419. The molecule has 0 aliphatic carbocycles. The van der Waals surface area contributed by atoms with Crippen molar-refractivity contribution in [2.75, 3.05) is 7.11 Å². The van der Waals surface area contributed by atoms with Crippen LogP contribution in [0.4, 0.5) is 0 Å². The molecule has 3 heteroatoms. The van der Waals surface area contributed by atoms with Crippen LogP contribution >= 0.6 is 0 Å². The Kier molecular flexibility index (Phi) is 1.50. The summed E-state index contributed by atoms with van der Waals surface area (Å²) in [4.78, 5) is 4.19. The third kappa shape index (κ3) is 0.942. The van der Waals surface area contributed by atoms with E-state index in [0.717, 1.165) is 16.8 Å². The number of benzene rings is 1. The summed E-state index contributed by atoms with van der Waals surface area (Å²) in [6.45, 7) is 1.82. The van der Waals surface area contributed by atoms with Gasteiger partial charge in [-0.05, 0) is 12.1 Å². The van der Waals surface area contributed by atoms with E-state index < -0.39 is 0 Å². The number of aryl methyl sites for hydroxylation is 1. The van der Waals surface area contributed by atoms with Crippen molar-refractivity contribution in [3.8, 4) is 5.75 Å². The topological polar surface area (TPSA) is 35.3 Å². The van der Waals surface area contributed by atoms with Gasteiger partial charge in [0, 0.05) is 6.92 Å². The quantitative estimate of drug-likeness (QED) is 0.646. The fraction of sp³-hybridized carbons (Fsp3) is 0.222. The Morgan fingerprint density at radius 1 is 1.42 bits per heavy atom. The fourth-order valence-electron chi connectivity index (χ4n) is 1.20. The minimum atomic E-state index is 0.662. The summed E-state index contributed by atoms with van der Waals surface area (Å²) in [5.41, 5.74) is 1.56. The van der Waals surface area contributed by atoms with E-state index in [9.17, 15) is 0 Å². The van der Waals surface area contributed by atoms with E-state index in [-0.39, 0.29) is 0 Å². The van der Waals surface area contributed by atoms with Crippen molar-refractivity contribution >= 4 is 11.1 Å². The molecule has 0 fully saturated rings. The molecule has 1 aromatic carbocycles. The Labute approximate surface area is 70.0 Å². The molecule has 0 amide bonds. The van der Waals surface area contributed by atoms with Crippen LogP contribution in [0.2, 0.25) is 0 Å². The lowest BCUT2D eigenvalue weighted by Crippen LogP contribution is -1.83. The number of para-hydroxylation sites is 1. The van der Waals surface area contributed by atoms with E-state index in [0.29, 0.717) is 5.89 Å². The maximum Gasteiger partial charge on any atom is 0.192 e. The molecule has 0 saturated carbocycles. The predicted octanol–water partition coefficient (Wildman–Crippen LogP) is 2.14. The number of oxazole rings is 1. The molecule has 0 spiro atoms. The summed E-state index contributed by atoms with van der Waals surface area (Å²) in [6.07, 6.45) is 0. The minimum absolute atomic E-state index is 0.662. The number of hydrogen-bond acceptors (Lipinski definition) is 3. The standard InChI is InChI=1S/C9H9NO2/c1-6-10-9-7(11-2)4-3-5-8(9)12-6/h3-5H,1-2H3. The Hall–Kier alpha value is -1.51. The predicted molar refractivity (Wildman–Crippen MR) is 45.3 cm³/mol. The van der Waals surface area contributed by atoms with Crippen LogP contribution in [-0.4, -0.2) is 12.1 Å². The van der Waals surface area contributed by atoms with E-state index in [2.05, 4.69) is 4.98 Å². The molecule has 0 atom stereocenters. The SMILES string of the molecule is COc1cccc2oc(C)nc12. The van der Waals surface area contributed by atoms with Gasteiger partial charge >= 0.3 is 0 Å². The first kappa shape index (κ1) is 7.16. The molecule has 2 aromatic rings. The second kappa shape index (κ2) is 2.52. The average Bonchev–Trinajstić information content (AvgIpc) is 2.44. The number of fused-ring (bicyclic) bond motifs is 1. The van der Waals surface area contributed by atoms with Gasteiger partial charge in [0.25, 0.3) is 0 Å². The first-order valence-corrected chi connectivity index (χ1v) is 3.71. The van der Waals surface area contributed by atoms with Crippen molar-refractivity contribution < 1.29 is 9.15 Å². The van der Waals surface area contributed by atoms with E-state index in [1.54, 1.807) is 7.11 Å². The Balaban J connectivity index is 2.78. The molecule has 0 N–H and O–H groups in total. The number of nitrogens with zero attached hydrogens (tertiary/aromatic N) is 1. The van der Waals surface area contributed by atoms with Gasteiger partial charge in [0.05, 0.1) is 7.11 Å². The largest absolute Gasteiger partial charge is 0.494 e. The summed E-state index contributed by atoms with van der Waals surface area (Å²) in [7, 11) is 1.62. The van der Waals surface area contributed by atoms with E-state index >= 15 is 0 Å². The van der Waals surface area contributed by atoms with Crippen LogP contribution in [-0.2, 0) is 0 Å². The van der Waals surface area contributed by atoms with Gasteiger partial charge in [0.1, 0.15) is 5.75 Å². The summed E-state index contributed by atoms with van der Waals surface area (Å²) < 4.78 is 10.4. The lowest BCUT2D eigenvalue weighted by Gasteiger charge is -1.96. The molecule has 0 bridgehead atoms. The first-order valence-electron chi connectivity index (χ1n) is 3.71. The molecule has 1 heterocycles. The van der Waals surface area contributed by atoms with Gasteiger partial charge in [-0.3, -0.25) is 0 Å². The zero-order valence-electron chi connectivity index (χ0n) is 7.00. The van der Waals surface area contributed by atoms with Crippen LogP contribution in [0.1, 0.15) is 5.89 Å². The van der Waals surface area contributed by atoms with Crippen molar-refractivity contribution in [3.63, 3.8) is 0 Å². The summed E-state index contributed by atoms with van der Waals surface area (Å²) in [5.74, 6) is 1.42. The van der Waals surface area contributed by atoms with Gasteiger partial charge in [-0.2, -0.15) is 0 Å². The third-order valence-corrected chi connectivity index (χ3v) is 1.71. The van der Waals surface area contributed by atoms with Crippen molar-refractivity contribution in [1.82, 2.24) is 4.98 Å². The Bertz CT molecular complexity index is 406. The maximum atomic E-state index is 5.32. The smallest absolute Gasteiger partial charge is 0.192 e. The number of ether oxygens (including phenoxy) is 1. The highest BCUT2D eigenvalue weighted by atomic mass is 16.5. The molecule has 0 unspecified atom stereocenters. The van der Waals surface area contributed by atoms with Gasteiger partial charge in [0.2, 0.25) is 0 Å². The first-order chi connectivity index (χ1) is 5.81. The van der Waals surface area contributed by atoms with Crippen molar-refractivity contribution in [3.05, 3.63) is 24.1 Å². The zero-order chi connectivity index (χ0) is 8.55. The van der Waals surface area contributed by atoms with Gasteiger partial charge in [0.15, 0.2) is 17.0 Å². The van der Waals surface area contributed by atoms with Crippen molar-refractivity contribution in [2.45, 2.75) is 6.92 Å². The zero-order valence-corrected chi connectivity index (χ0v) is 7.00. The van der Waals surface area contributed by atoms with Gasteiger partial charge in [-0.15, -0.1) is 0 Å². The second-order valence-electron chi connectivity index (χ2n) is 2.54. The fourth-order valence-corrected chi connectivity index (χ4v) is 1.20. The van der Waals surface area contributed by atoms with E-state index in [1.165, 1.54) is 0 Å². The van der Waals surface area contributed by atoms with Gasteiger partial charge in [-0.1, -0.05) is 6.07 Å². The van der Waals surface area contributed by atoms with Crippen molar-refractivity contribution in [1.29, 1.82) is 0 Å². The molecule has 1 aromatic heterocycles. The number of methoxy groups -OCH3 is 1. The highest BCUT2D eigenvalue weighted by Gasteiger charge is 2.05. The molecule has 2 rings (SSSR count). The molecule has 0 aliphatic heterocycles. The highest BCUT2D eigenvalue weighted by molar-refractivity contribution is 5.79. The lowest BCUT2D eigenvalue weighted by atomic mass is 10.3. The monoisotopic (exact) mass is 163 g/mol. The van der Waals surface area contributed by atoms with Gasteiger partial charge in [-0.25, -0.2) is 4.98 Å². The molecular formula is C9H9NO2. The molecule has 0 aliphatic rings. The Morgan fingerprint density at radius 3 is 3.00 bits per heavy atom. The molecule has 12 heavy (non-hydrogen) atoms. The molecular weight excluding hydrogens is 154 g/mol. The average molecular weight is 163 g/mol. The second-order valence-corrected chi connectivity index (χ2v) is 2.54. The van der Waals surface area contributed by atoms with Crippen LogP contribution in [0.3, 0.4) is 0 Å². The summed E-state index contributed by atoms with van der Waals surface area (Å²) in [6, 6.07) is 5.62. The Morgan fingerprint density at radius 2 is 2.25 bits per heavy atom. The van der Waals surface area contributed by atoms with Crippen LogP contribution in [0, 0.1) is 6.92 Å². The van der Waals surface area contributed by atoms with Crippen LogP contribution in [0.25, 0.3) is 11.1 Å². The summed E-state index contributed by atoms with van der Waals surface area (Å²) in [5, 5.41) is 0. The molecule has 0 saturated heterocycles. The van der Waals surface area contributed by atoms with E-state index in [1.807, 2.05) is 25.1 Å². The van der Waals surface area contributed by atoms with Crippen LogP contribution in [0.15, 0.2) is 22.6 Å². The number of hydrogen-bond donors (Lipinski definition) is 0. The maximum absolute atomic E-state index is 5.32. The third-order valence-electron chi connectivity index (χ3n) is 1.71. The normalized spacial score (nSPS) is 10.5. The van der Waals surface area contributed by atoms with Crippen LogP contribution in [0.5, 0.6) is 5.75 Å². The molecule has 0 radical (unpaired) electrons. The van der Waals surface area contributed by atoms with Crippen LogP contribution < -0.4 is 4.74 Å². The summed E-state index contributed by atoms with van der Waals surface area (Å²) >= 11 is 0. The minimum Gasteiger partial charge on any atom is -0.494 e. The van der Waals surface area contributed by atoms with Crippen molar-refractivity contribution in [2.24, 2.45) is 0 Å².